The topological polar surface area (TPSA) is 121 Å². The standard InChI is InChI=1S/C27H27FN2O6S/c1-3-30(4-2)13-5-6-19-16-22(28)8-10-24(19)37(33,34)18-21-7-9-23(20-11-14-35-17-20)26(36-15-12-29)25(21)27(31)32/h5-11,14,16-17H,3-4,13,15,18H2,1-2H3,(H,31,32). The summed E-state index contributed by atoms with van der Waals surface area (Å²) in [5.41, 5.74) is 0.599. The van der Waals surface area contributed by atoms with Gasteiger partial charge in [0.15, 0.2) is 16.4 Å². The van der Waals surface area contributed by atoms with Gasteiger partial charge in [-0.1, -0.05) is 38.1 Å². The average molecular weight is 527 g/mol. The van der Waals surface area contributed by atoms with Crippen molar-refractivity contribution in [3.63, 3.8) is 0 Å². The van der Waals surface area contributed by atoms with Gasteiger partial charge in [-0.15, -0.1) is 0 Å². The van der Waals surface area contributed by atoms with Crippen molar-refractivity contribution in [3.8, 4) is 22.9 Å². The summed E-state index contributed by atoms with van der Waals surface area (Å²) in [7, 11) is -4.12. The molecule has 0 amide bonds. The first-order valence-corrected chi connectivity index (χ1v) is 13.2. The molecule has 2 aromatic carbocycles. The Morgan fingerprint density at radius 2 is 1.97 bits per heavy atom. The van der Waals surface area contributed by atoms with Crippen molar-refractivity contribution in [1.29, 1.82) is 5.26 Å². The molecule has 1 heterocycles. The van der Waals surface area contributed by atoms with E-state index in [2.05, 4.69) is 4.90 Å². The molecule has 0 atom stereocenters. The number of carboxylic acids is 1. The van der Waals surface area contributed by atoms with E-state index in [9.17, 15) is 22.7 Å². The number of aromatic carboxylic acids is 1. The molecule has 3 rings (SSSR count). The molecule has 0 radical (unpaired) electrons. The second kappa shape index (κ2) is 12.3. The van der Waals surface area contributed by atoms with Gasteiger partial charge >= 0.3 is 5.97 Å². The van der Waals surface area contributed by atoms with Gasteiger partial charge in [-0.2, -0.15) is 5.26 Å². The lowest BCUT2D eigenvalue weighted by Gasteiger charge is -2.16. The smallest absolute Gasteiger partial charge is 0.339 e. The van der Waals surface area contributed by atoms with E-state index in [0.29, 0.717) is 17.7 Å². The van der Waals surface area contributed by atoms with Gasteiger partial charge in [-0.3, -0.25) is 0 Å². The molecule has 37 heavy (non-hydrogen) atoms. The van der Waals surface area contributed by atoms with Gasteiger partial charge in [0.1, 0.15) is 23.2 Å². The van der Waals surface area contributed by atoms with Crippen LogP contribution in [-0.2, 0) is 15.6 Å². The van der Waals surface area contributed by atoms with E-state index < -0.39 is 34.0 Å². The van der Waals surface area contributed by atoms with Crippen molar-refractivity contribution in [2.24, 2.45) is 0 Å². The van der Waals surface area contributed by atoms with E-state index in [0.717, 1.165) is 25.2 Å². The first-order valence-electron chi connectivity index (χ1n) is 11.5. The third-order valence-corrected chi connectivity index (χ3v) is 7.51. The van der Waals surface area contributed by atoms with Gasteiger partial charge in [-0.05, 0) is 48.5 Å². The number of furan rings is 1. The monoisotopic (exact) mass is 526 g/mol. The summed E-state index contributed by atoms with van der Waals surface area (Å²) in [5.74, 6) is -2.82. The molecule has 194 valence electrons. The van der Waals surface area contributed by atoms with Crippen molar-refractivity contribution in [3.05, 3.63) is 77.5 Å². The number of benzene rings is 2. The number of likely N-dealkylation sites (N-methyl/N-ethyl adjacent to an activating group) is 1. The number of nitriles is 1. The summed E-state index contributed by atoms with van der Waals surface area (Å²) < 4.78 is 51.5. The summed E-state index contributed by atoms with van der Waals surface area (Å²) in [6.45, 7) is 5.72. The van der Waals surface area contributed by atoms with E-state index in [1.54, 1.807) is 24.3 Å². The molecule has 10 heteroatoms. The van der Waals surface area contributed by atoms with Gasteiger partial charge < -0.3 is 19.2 Å². The zero-order valence-electron chi connectivity index (χ0n) is 20.5. The zero-order chi connectivity index (χ0) is 27.0. The van der Waals surface area contributed by atoms with E-state index in [4.69, 9.17) is 14.4 Å². The number of carboxylic acid groups (broad SMARTS) is 1. The Bertz CT molecular complexity index is 1420. The van der Waals surface area contributed by atoms with Crippen molar-refractivity contribution in [2.75, 3.05) is 26.2 Å². The fourth-order valence-electron chi connectivity index (χ4n) is 3.90. The SMILES string of the molecule is CCN(CC)CC=Cc1cc(F)ccc1S(=O)(=O)Cc1ccc(-c2ccoc2)c(OCC#N)c1C(=O)O. The van der Waals surface area contributed by atoms with Crippen LogP contribution in [0.5, 0.6) is 5.75 Å². The maximum absolute atomic E-state index is 14.0. The molecule has 0 aliphatic carbocycles. The molecule has 0 fully saturated rings. The van der Waals surface area contributed by atoms with Gasteiger partial charge in [0.25, 0.3) is 0 Å². The molecule has 0 spiro atoms. The number of nitrogens with zero attached hydrogens (tertiary/aromatic N) is 2. The molecule has 0 saturated carbocycles. The van der Waals surface area contributed by atoms with Gasteiger partial charge in [0.05, 0.1) is 23.2 Å². The average Bonchev–Trinajstić information content (AvgIpc) is 3.39. The molecule has 0 saturated heterocycles. The van der Waals surface area contributed by atoms with Crippen LogP contribution < -0.4 is 4.74 Å². The molecule has 1 aromatic heterocycles. The fourth-order valence-corrected chi connectivity index (χ4v) is 5.47. The van der Waals surface area contributed by atoms with Crippen molar-refractivity contribution in [2.45, 2.75) is 24.5 Å². The molecule has 3 aromatic rings. The number of sulfone groups is 1. The predicted molar refractivity (Wildman–Crippen MR) is 136 cm³/mol. The number of rotatable bonds is 12. The van der Waals surface area contributed by atoms with E-state index in [1.165, 1.54) is 30.7 Å². The highest BCUT2D eigenvalue weighted by Crippen LogP contribution is 2.37. The second-order valence-electron chi connectivity index (χ2n) is 8.07. The number of halogens is 1. The fraction of sp³-hybridized carbons (Fsp3) is 0.259. The first-order chi connectivity index (χ1) is 17.7. The molecular weight excluding hydrogens is 499 g/mol. The highest BCUT2D eigenvalue weighted by molar-refractivity contribution is 7.90. The summed E-state index contributed by atoms with van der Waals surface area (Å²) in [5, 5.41) is 19.0. The lowest BCUT2D eigenvalue weighted by atomic mass is 9.99. The zero-order valence-corrected chi connectivity index (χ0v) is 21.3. The Labute approximate surface area is 215 Å². The number of carbonyl (C=O) groups is 1. The van der Waals surface area contributed by atoms with Crippen molar-refractivity contribution < 1.29 is 31.9 Å². The van der Waals surface area contributed by atoms with Crippen LogP contribution in [0.3, 0.4) is 0 Å². The molecule has 0 unspecified atom stereocenters. The number of hydrogen-bond acceptors (Lipinski definition) is 7. The largest absolute Gasteiger partial charge is 0.478 e. The van der Waals surface area contributed by atoms with Crippen LogP contribution in [0.4, 0.5) is 4.39 Å². The van der Waals surface area contributed by atoms with Crippen LogP contribution in [-0.4, -0.2) is 50.6 Å². The highest BCUT2D eigenvalue weighted by atomic mass is 32.2. The van der Waals surface area contributed by atoms with Gasteiger partial charge in [0.2, 0.25) is 0 Å². The van der Waals surface area contributed by atoms with Gasteiger partial charge in [-0.25, -0.2) is 17.6 Å². The van der Waals surface area contributed by atoms with E-state index >= 15 is 0 Å². The third kappa shape index (κ3) is 6.64. The van der Waals surface area contributed by atoms with Crippen molar-refractivity contribution in [1.82, 2.24) is 4.90 Å². The normalized spacial score (nSPS) is 11.6. The van der Waals surface area contributed by atoms with Crippen molar-refractivity contribution >= 4 is 21.9 Å². The van der Waals surface area contributed by atoms with Crippen LogP contribution in [0.1, 0.15) is 35.3 Å². The molecule has 1 N–H and O–H groups in total. The number of ether oxygens (including phenoxy) is 1. The maximum Gasteiger partial charge on any atom is 0.339 e. The minimum absolute atomic E-state index is 0.0323. The molecule has 0 aliphatic rings. The van der Waals surface area contributed by atoms with Crippen LogP contribution in [0.2, 0.25) is 0 Å². The third-order valence-electron chi connectivity index (χ3n) is 5.78. The number of hydrogen-bond donors (Lipinski definition) is 1. The predicted octanol–water partition coefficient (Wildman–Crippen LogP) is 5.02. The Balaban J connectivity index is 2.07. The minimum Gasteiger partial charge on any atom is -0.478 e. The maximum atomic E-state index is 14.0. The van der Waals surface area contributed by atoms with Crippen LogP contribution >= 0.6 is 0 Å². The van der Waals surface area contributed by atoms with Crippen LogP contribution in [0, 0.1) is 17.1 Å². The van der Waals surface area contributed by atoms with Gasteiger partial charge in [0, 0.05) is 17.7 Å². The Hall–Kier alpha value is -3.94. The highest BCUT2D eigenvalue weighted by Gasteiger charge is 2.27. The Morgan fingerprint density at radius 1 is 1.22 bits per heavy atom. The first kappa shape index (κ1) is 27.6. The quantitative estimate of drug-likeness (QED) is 0.327. The van der Waals surface area contributed by atoms with E-state index in [1.807, 2.05) is 13.8 Å². The lowest BCUT2D eigenvalue weighted by Crippen LogP contribution is -2.22. The summed E-state index contributed by atoms with van der Waals surface area (Å²) in [6.07, 6.45) is 6.09. The lowest BCUT2D eigenvalue weighted by molar-refractivity contribution is 0.0692. The molecule has 0 aliphatic heterocycles. The van der Waals surface area contributed by atoms with Crippen LogP contribution in [0.15, 0.2) is 64.3 Å². The van der Waals surface area contributed by atoms with E-state index in [-0.39, 0.29) is 27.3 Å². The molecule has 0 bridgehead atoms. The Kier molecular flexibility index (Phi) is 9.22. The van der Waals surface area contributed by atoms with Crippen LogP contribution in [0.25, 0.3) is 17.2 Å². The molecular formula is C27H27FN2O6S. The second-order valence-corrected chi connectivity index (χ2v) is 10.0. The Morgan fingerprint density at radius 3 is 2.59 bits per heavy atom. The summed E-state index contributed by atoms with van der Waals surface area (Å²) in [6, 6.07) is 9.65. The summed E-state index contributed by atoms with van der Waals surface area (Å²) >= 11 is 0. The summed E-state index contributed by atoms with van der Waals surface area (Å²) in [4.78, 5) is 14.3. The minimum atomic E-state index is -4.12. The molecule has 8 nitrogen and oxygen atoms in total.